The van der Waals surface area contributed by atoms with E-state index < -0.39 is 6.43 Å². The molecule has 4 nitrogen and oxygen atoms in total. The molecule has 114 valence electrons. The summed E-state index contributed by atoms with van der Waals surface area (Å²) < 4.78 is 25.8. The third kappa shape index (κ3) is 3.78. The number of hydrogen-bond donors (Lipinski definition) is 1. The van der Waals surface area contributed by atoms with Crippen molar-refractivity contribution in [2.24, 2.45) is 0 Å². The van der Waals surface area contributed by atoms with Crippen LogP contribution in [0, 0.1) is 0 Å². The molecule has 2 heterocycles. The van der Waals surface area contributed by atoms with Crippen molar-refractivity contribution in [3.63, 3.8) is 0 Å². The van der Waals surface area contributed by atoms with E-state index in [0.29, 0.717) is 6.54 Å². The van der Waals surface area contributed by atoms with Crippen LogP contribution in [0.2, 0.25) is 0 Å². The van der Waals surface area contributed by atoms with Crippen molar-refractivity contribution in [1.29, 1.82) is 0 Å². The van der Waals surface area contributed by atoms with Gasteiger partial charge in [-0.1, -0.05) is 6.42 Å². The fraction of sp³-hybridized carbons (Fsp3) is 0.571. The molecule has 0 radical (unpaired) electrons. The topological polar surface area (TPSA) is 42.7 Å². The highest BCUT2D eigenvalue weighted by Crippen LogP contribution is 2.26. The summed E-state index contributed by atoms with van der Waals surface area (Å²) in [5.41, 5.74) is 2.00. The van der Waals surface area contributed by atoms with E-state index in [9.17, 15) is 8.78 Å². The first-order valence-electron chi connectivity index (χ1n) is 7.22. The second kappa shape index (κ2) is 6.51. The van der Waals surface area contributed by atoms with E-state index in [1.165, 1.54) is 34.5 Å². The summed E-state index contributed by atoms with van der Waals surface area (Å²) in [7, 11) is 0. The van der Waals surface area contributed by atoms with Gasteiger partial charge in [0.05, 0.1) is 24.1 Å². The average Bonchev–Trinajstić information content (AvgIpc) is 2.98. The van der Waals surface area contributed by atoms with E-state index >= 15 is 0 Å². The van der Waals surface area contributed by atoms with E-state index in [0.717, 1.165) is 23.5 Å². The minimum Gasteiger partial charge on any atom is -0.376 e. The lowest BCUT2D eigenvalue weighted by Gasteiger charge is -2.00. The largest absolute Gasteiger partial charge is 0.376 e. The zero-order valence-electron chi connectivity index (χ0n) is 11.7. The summed E-state index contributed by atoms with van der Waals surface area (Å²) >= 11 is 1.76. The third-order valence-corrected chi connectivity index (χ3v) is 4.70. The SMILES string of the molecule is FC(F)Cn1cc(NCc2nc3c(s2)CCCCC3)cn1. The molecule has 0 aromatic carbocycles. The van der Waals surface area contributed by atoms with E-state index in [2.05, 4.69) is 15.4 Å². The first-order chi connectivity index (χ1) is 10.2. The number of aromatic nitrogens is 3. The summed E-state index contributed by atoms with van der Waals surface area (Å²) in [6.07, 6.45) is 6.78. The molecule has 0 saturated heterocycles. The van der Waals surface area contributed by atoms with Crippen molar-refractivity contribution >= 4 is 17.0 Å². The summed E-state index contributed by atoms with van der Waals surface area (Å²) in [6, 6.07) is 0. The van der Waals surface area contributed by atoms with Crippen LogP contribution < -0.4 is 5.32 Å². The van der Waals surface area contributed by atoms with Crippen LogP contribution in [-0.4, -0.2) is 21.2 Å². The minimum atomic E-state index is -2.38. The van der Waals surface area contributed by atoms with Gasteiger partial charge < -0.3 is 5.32 Å². The number of hydrogen-bond acceptors (Lipinski definition) is 4. The van der Waals surface area contributed by atoms with Gasteiger partial charge in [0.1, 0.15) is 11.6 Å². The van der Waals surface area contributed by atoms with Gasteiger partial charge in [-0.15, -0.1) is 11.3 Å². The molecule has 2 aromatic rings. The molecule has 3 rings (SSSR count). The quantitative estimate of drug-likeness (QED) is 0.860. The highest BCUT2D eigenvalue weighted by molar-refractivity contribution is 7.11. The first-order valence-corrected chi connectivity index (χ1v) is 8.04. The Bertz CT molecular complexity index is 570. The van der Waals surface area contributed by atoms with Crippen LogP contribution in [0.25, 0.3) is 0 Å². The molecule has 1 aliphatic rings. The van der Waals surface area contributed by atoms with Gasteiger partial charge in [-0.3, -0.25) is 4.68 Å². The monoisotopic (exact) mass is 312 g/mol. The smallest absolute Gasteiger partial charge is 0.257 e. The van der Waals surface area contributed by atoms with Crippen molar-refractivity contribution in [1.82, 2.24) is 14.8 Å². The summed E-state index contributed by atoms with van der Waals surface area (Å²) in [6.45, 7) is 0.255. The van der Waals surface area contributed by atoms with Crippen LogP contribution in [0.1, 0.15) is 34.8 Å². The number of alkyl halides is 2. The number of halogens is 2. The van der Waals surface area contributed by atoms with Crippen LogP contribution in [-0.2, 0) is 25.9 Å². The van der Waals surface area contributed by atoms with Crippen LogP contribution in [0.3, 0.4) is 0 Å². The Morgan fingerprint density at radius 2 is 2.14 bits per heavy atom. The molecule has 0 unspecified atom stereocenters. The standard InChI is InChI=1S/C14H18F2N4S/c15-13(16)9-20-8-10(6-18-20)17-7-14-19-11-4-2-1-3-5-12(11)21-14/h6,8,13,17H,1-5,7,9H2. The lowest BCUT2D eigenvalue weighted by atomic mass is 10.2. The van der Waals surface area contributed by atoms with Crippen molar-refractivity contribution in [2.45, 2.75) is 51.6 Å². The molecular weight excluding hydrogens is 294 g/mol. The van der Waals surface area contributed by atoms with Gasteiger partial charge in [-0.05, 0) is 25.7 Å². The molecule has 0 saturated carbocycles. The lowest BCUT2D eigenvalue weighted by molar-refractivity contribution is 0.122. The second-order valence-corrected chi connectivity index (χ2v) is 6.40. The van der Waals surface area contributed by atoms with Crippen molar-refractivity contribution in [3.8, 4) is 0 Å². The number of thiazole rings is 1. The number of anilines is 1. The Morgan fingerprint density at radius 3 is 3.00 bits per heavy atom. The third-order valence-electron chi connectivity index (χ3n) is 3.54. The highest BCUT2D eigenvalue weighted by atomic mass is 32.1. The number of fused-ring (bicyclic) bond motifs is 1. The molecule has 7 heteroatoms. The Hall–Kier alpha value is -1.50. The van der Waals surface area contributed by atoms with Crippen molar-refractivity contribution in [3.05, 3.63) is 28.0 Å². The lowest BCUT2D eigenvalue weighted by Crippen LogP contribution is -2.06. The van der Waals surface area contributed by atoms with E-state index in [1.54, 1.807) is 23.7 Å². The number of nitrogens with zero attached hydrogens (tertiary/aromatic N) is 3. The van der Waals surface area contributed by atoms with Gasteiger partial charge in [0, 0.05) is 11.1 Å². The fourth-order valence-corrected chi connectivity index (χ4v) is 3.63. The molecular formula is C14H18F2N4S. The van der Waals surface area contributed by atoms with Crippen LogP contribution in [0.5, 0.6) is 0 Å². The van der Waals surface area contributed by atoms with Gasteiger partial charge >= 0.3 is 0 Å². The Morgan fingerprint density at radius 1 is 1.29 bits per heavy atom. The van der Waals surface area contributed by atoms with E-state index in [-0.39, 0.29) is 6.54 Å². The fourth-order valence-electron chi connectivity index (χ4n) is 2.53. The molecule has 2 aromatic heterocycles. The molecule has 0 amide bonds. The number of rotatable bonds is 5. The highest BCUT2D eigenvalue weighted by Gasteiger charge is 2.14. The van der Waals surface area contributed by atoms with E-state index in [4.69, 9.17) is 0 Å². The maximum absolute atomic E-state index is 12.3. The molecule has 0 aliphatic heterocycles. The molecule has 0 atom stereocenters. The van der Waals surface area contributed by atoms with Gasteiger partial charge in [0.2, 0.25) is 0 Å². The van der Waals surface area contributed by atoms with Crippen LogP contribution >= 0.6 is 11.3 Å². The summed E-state index contributed by atoms with van der Waals surface area (Å²) in [4.78, 5) is 6.10. The predicted octanol–water partition coefficient (Wildman–Crippen LogP) is 3.49. The van der Waals surface area contributed by atoms with Gasteiger partial charge in [-0.25, -0.2) is 13.8 Å². The Balaban J connectivity index is 1.58. The maximum atomic E-state index is 12.3. The molecule has 0 spiro atoms. The summed E-state index contributed by atoms with van der Waals surface area (Å²) in [5.74, 6) is 0. The molecule has 0 fully saturated rings. The molecule has 21 heavy (non-hydrogen) atoms. The van der Waals surface area contributed by atoms with Gasteiger partial charge in [-0.2, -0.15) is 5.10 Å². The van der Waals surface area contributed by atoms with Gasteiger partial charge in [0.25, 0.3) is 6.43 Å². The van der Waals surface area contributed by atoms with E-state index in [1.807, 2.05) is 0 Å². The van der Waals surface area contributed by atoms with Gasteiger partial charge in [0.15, 0.2) is 0 Å². The summed E-state index contributed by atoms with van der Waals surface area (Å²) in [5, 5.41) is 8.16. The van der Waals surface area contributed by atoms with Crippen molar-refractivity contribution in [2.75, 3.05) is 5.32 Å². The second-order valence-electron chi connectivity index (χ2n) is 5.23. The molecule has 0 bridgehead atoms. The average molecular weight is 312 g/mol. The predicted molar refractivity (Wildman–Crippen MR) is 78.9 cm³/mol. The van der Waals surface area contributed by atoms with Crippen LogP contribution in [0.15, 0.2) is 12.4 Å². The first kappa shape index (κ1) is 14.4. The molecule has 1 aliphatic carbocycles. The zero-order valence-corrected chi connectivity index (χ0v) is 12.5. The van der Waals surface area contributed by atoms with Crippen molar-refractivity contribution < 1.29 is 8.78 Å². The number of nitrogens with one attached hydrogen (secondary N) is 1. The zero-order chi connectivity index (χ0) is 14.7. The minimum absolute atomic E-state index is 0.368. The molecule has 1 N–H and O–H groups in total. The Labute approximate surface area is 126 Å². The maximum Gasteiger partial charge on any atom is 0.257 e. The normalized spacial score (nSPS) is 15.0. The van der Waals surface area contributed by atoms with Crippen LogP contribution in [0.4, 0.5) is 14.5 Å². The Kier molecular flexibility index (Phi) is 4.48. The number of aryl methyl sites for hydroxylation is 2.